The number of aryl methyl sites for hydroxylation is 2. The molecule has 0 aliphatic carbocycles. The second kappa shape index (κ2) is 17.0. The van der Waals surface area contributed by atoms with E-state index in [1.807, 2.05) is 139 Å². The molecule has 0 fully saturated rings. The number of rotatable bonds is 12. The van der Waals surface area contributed by atoms with E-state index in [9.17, 15) is 24.6 Å². The van der Waals surface area contributed by atoms with Gasteiger partial charge in [-0.05, 0) is 71.7 Å². The second-order valence-electron chi connectivity index (χ2n) is 13.8. The fourth-order valence-electron chi connectivity index (χ4n) is 5.79. The molecule has 5 aromatic rings. The smallest absolute Gasteiger partial charge is 0.338 e. The largest absolute Gasteiger partial charge is 0.508 e. The molecule has 282 valence electrons. The van der Waals surface area contributed by atoms with E-state index in [0.717, 1.165) is 45.4 Å². The highest BCUT2D eigenvalue weighted by molar-refractivity contribution is 8.16. The van der Waals surface area contributed by atoms with Gasteiger partial charge in [-0.25, -0.2) is 14.2 Å². The number of thioether (sulfide) groups is 2. The predicted octanol–water partition coefficient (Wildman–Crippen LogP) is 8.37. The van der Waals surface area contributed by atoms with Crippen LogP contribution in [0.1, 0.15) is 63.2 Å². The number of hydrogen-bond acceptors (Lipinski definition) is 10. The molecule has 1 aliphatic heterocycles. The average Bonchev–Trinajstić information content (AvgIpc) is 3.79. The van der Waals surface area contributed by atoms with Crippen molar-refractivity contribution in [3.05, 3.63) is 125 Å². The molecule has 0 radical (unpaired) electrons. The van der Waals surface area contributed by atoms with E-state index >= 15 is 0 Å². The Hall–Kier alpha value is -4.91. The Labute approximate surface area is 324 Å². The first-order valence-electron chi connectivity index (χ1n) is 17.6. The quantitative estimate of drug-likeness (QED) is 0.0942. The summed E-state index contributed by atoms with van der Waals surface area (Å²) in [5.41, 5.74) is 7.05. The molecule has 2 aromatic heterocycles. The van der Waals surface area contributed by atoms with E-state index in [0.29, 0.717) is 17.1 Å². The maximum absolute atomic E-state index is 13.7. The molecule has 54 heavy (non-hydrogen) atoms. The van der Waals surface area contributed by atoms with Crippen LogP contribution in [-0.4, -0.2) is 62.7 Å². The first kappa shape index (κ1) is 40.3. The van der Waals surface area contributed by atoms with Crippen molar-refractivity contribution in [3.63, 3.8) is 0 Å². The van der Waals surface area contributed by atoms with Crippen molar-refractivity contribution in [2.24, 2.45) is 0 Å². The van der Waals surface area contributed by atoms with Gasteiger partial charge in [-0.1, -0.05) is 96.7 Å². The van der Waals surface area contributed by atoms with E-state index in [4.69, 9.17) is 4.74 Å². The van der Waals surface area contributed by atoms with Crippen LogP contribution in [-0.2, 0) is 31.5 Å². The van der Waals surface area contributed by atoms with E-state index < -0.39 is 21.5 Å². The standard InChI is InChI=1S/C26H30N2O4S.C16H16N2O2S/c1-5-32-25(31)23(28-18(2)15-22(27-28)21-9-7-6-8-10-21)24(30)26(3,4)33-17-20-13-11-19(16-29)12-14-20;1-10-9-12(11-7-5-4-6-8-11)17-18(10)13-14(19)16(2,3)21-15(13)20/h6-15,23,29H,5,16-17H2,1-4H3;4-9,19H,1-3H3. The molecule has 10 nitrogen and oxygen atoms in total. The van der Waals surface area contributed by atoms with Crippen molar-refractivity contribution in [2.75, 3.05) is 6.61 Å². The minimum Gasteiger partial charge on any atom is -0.508 e. The Balaban J connectivity index is 0.000000228. The summed E-state index contributed by atoms with van der Waals surface area (Å²) < 4.78 is 6.85. The third-order valence-electron chi connectivity index (χ3n) is 8.90. The summed E-state index contributed by atoms with van der Waals surface area (Å²) in [5, 5.41) is 28.5. The lowest BCUT2D eigenvalue weighted by molar-refractivity contribution is -0.151. The Bertz CT molecular complexity index is 2140. The Morgan fingerprint density at radius 2 is 1.41 bits per heavy atom. The number of ketones is 1. The molecular formula is C42H46N4O6S2. The molecule has 1 aliphatic rings. The number of aliphatic hydroxyl groups excluding tert-OH is 2. The number of Topliss-reactive ketones (excluding diaryl/α,β-unsaturated/α-hetero) is 1. The third kappa shape index (κ3) is 9.06. The Morgan fingerprint density at radius 3 is 1.93 bits per heavy atom. The molecule has 3 heterocycles. The molecule has 1 unspecified atom stereocenters. The zero-order valence-corrected chi connectivity index (χ0v) is 33.2. The summed E-state index contributed by atoms with van der Waals surface area (Å²) >= 11 is 2.58. The predicted molar refractivity (Wildman–Crippen MR) is 216 cm³/mol. The third-order valence-corrected chi connectivity index (χ3v) is 11.4. The van der Waals surface area contributed by atoms with Crippen LogP contribution < -0.4 is 0 Å². The van der Waals surface area contributed by atoms with Gasteiger partial charge < -0.3 is 14.9 Å². The SMILES string of the molecule is CCOC(=O)C(C(=O)C(C)(C)SCc1ccc(CO)cc1)n1nc(-c2ccccc2)cc1C.Cc1cc(-c2ccccc2)nn1C1=C(O)C(C)(C)SC1=O. The number of nitrogens with zero attached hydrogens (tertiary/aromatic N) is 4. The van der Waals surface area contributed by atoms with Crippen LogP contribution >= 0.6 is 23.5 Å². The van der Waals surface area contributed by atoms with Gasteiger partial charge in [0.15, 0.2) is 11.5 Å². The molecule has 1 atom stereocenters. The minimum atomic E-state index is -1.17. The highest BCUT2D eigenvalue weighted by Crippen LogP contribution is 2.44. The molecule has 0 bridgehead atoms. The normalized spacial score (nSPS) is 14.4. The number of benzene rings is 3. The van der Waals surface area contributed by atoms with Gasteiger partial charge in [0.25, 0.3) is 0 Å². The average molecular weight is 767 g/mol. The summed E-state index contributed by atoms with van der Waals surface area (Å²) in [5.74, 6) is -0.186. The molecule has 0 saturated carbocycles. The van der Waals surface area contributed by atoms with Crippen LogP contribution in [0.4, 0.5) is 0 Å². The zero-order chi connectivity index (χ0) is 39.2. The molecular weight excluding hydrogens is 721 g/mol. The lowest BCUT2D eigenvalue weighted by Gasteiger charge is -2.27. The zero-order valence-electron chi connectivity index (χ0n) is 31.6. The van der Waals surface area contributed by atoms with Crippen LogP contribution in [0.25, 0.3) is 28.2 Å². The van der Waals surface area contributed by atoms with Crippen LogP contribution in [0, 0.1) is 13.8 Å². The Kier molecular flexibility index (Phi) is 12.7. The molecule has 6 rings (SSSR count). The maximum Gasteiger partial charge on any atom is 0.338 e. The summed E-state index contributed by atoms with van der Waals surface area (Å²) in [6, 6.07) is 29.6. The number of aliphatic hydroxyl groups is 2. The van der Waals surface area contributed by atoms with Gasteiger partial charge in [0, 0.05) is 28.3 Å². The highest BCUT2D eigenvalue weighted by atomic mass is 32.2. The molecule has 0 amide bonds. The van der Waals surface area contributed by atoms with Crippen molar-refractivity contribution in [2.45, 2.75) is 76.4 Å². The topological polar surface area (TPSA) is 137 Å². The molecule has 0 spiro atoms. The van der Waals surface area contributed by atoms with Gasteiger partial charge in [0.05, 0.1) is 34.1 Å². The van der Waals surface area contributed by atoms with E-state index in [1.165, 1.54) is 16.4 Å². The van der Waals surface area contributed by atoms with Gasteiger partial charge in [-0.15, -0.1) is 11.8 Å². The van der Waals surface area contributed by atoms with Gasteiger partial charge in [0.1, 0.15) is 5.76 Å². The molecule has 2 N–H and O–H groups in total. The van der Waals surface area contributed by atoms with Crippen LogP contribution in [0.3, 0.4) is 0 Å². The number of hydrogen-bond donors (Lipinski definition) is 2. The molecule has 3 aromatic carbocycles. The maximum atomic E-state index is 13.7. The van der Waals surface area contributed by atoms with Crippen molar-refractivity contribution in [3.8, 4) is 22.5 Å². The first-order valence-corrected chi connectivity index (χ1v) is 19.4. The second-order valence-corrected chi connectivity index (χ2v) is 17.0. The number of esters is 1. The summed E-state index contributed by atoms with van der Waals surface area (Å²) in [6.45, 7) is 12.9. The van der Waals surface area contributed by atoms with Crippen LogP contribution in [0.5, 0.6) is 0 Å². The monoisotopic (exact) mass is 766 g/mol. The lowest BCUT2D eigenvalue weighted by Crippen LogP contribution is -2.41. The van der Waals surface area contributed by atoms with E-state index in [1.54, 1.807) is 11.6 Å². The van der Waals surface area contributed by atoms with Crippen molar-refractivity contribution in [1.82, 2.24) is 19.6 Å². The fraction of sp³-hybridized carbons (Fsp3) is 0.310. The fourth-order valence-corrected chi connectivity index (χ4v) is 7.70. The number of carbonyl (C=O) groups excluding carboxylic acids is 3. The lowest BCUT2D eigenvalue weighted by atomic mass is 10.0. The van der Waals surface area contributed by atoms with Crippen molar-refractivity contribution in [1.29, 1.82) is 0 Å². The van der Waals surface area contributed by atoms with Gasteiger partial charge in [0.2, 0.25) is 11.2 Å². The van der Waals surface area contributed by atoms with E-state index in [2.05, 4.69) is 10.2 Å². The summed E-state index contributed by atoms with van der Waals surface area (Å²) in [4.78, 5) is 38.8. The molecule has 0 saturated heterocycles. The number of aromatic nitrogens is 4. The number of ether oxygens (including phenoxy) is 1. The van der Waals surface area contributed by atoms with Crippen LogP contribution in [0.2, 0.25) is 0 Å². The first-order chi connectivity index (χ1) is 25.7. The Morgan fingerprint density at radius 1 is 0.870 bits per heavy atom. The summed E-state index contributed by atoms with van der Waals surface area (Å²) in [7, 11) is 0. The summed E-state index contributed by atoms with van der Waals surface area (Å²) in [6.07, 6.45) is 0. The number of carbonyl (C=O) groups is 3. The van der Waals surface area contributed by atoms with E-state index in [-0.39, 0.29) is 35.6 Å². The van der Waals surface area contributed by atoms with Gasteiger partial charge >= 0.3 is 5.97 Å². The minimum absolute atomic E-state index is 0.00713. The highest BCUT2D eigenvalue weighted by Gasteiger charge is 2.43. The van der Waals surface area contributed by atoms with Crippen molar-refractivity contribution >= 4 is 46.1 Å². The van der Waals surface area contributed by atoms with Crippen molar-refractivity contribution < 1.29 is 29.3 Å². The van der Waals surface area contributed by atoms with Crippen LogP contribution in [0.15, 0.2) is 103 Å². The molecule has 12 heteroatoms. The van der Waals surface area contributed by atoms with Gasteiger partial charge in [-0.3, -0.25) is 9.59 Å². The van der Waals surface area contributed by atoms with Gasteiger partial charge in [-0.2, -0.15) is 10.2 Å².